The fourth-order valence-electron chi connectivity index (χ4n) is 3.66. The molecule has 0 aliphatic carbocycles. The van der Waals surface area contributed by atoms with Gasteiger partial charge in [-0.15, -0.1) is 0 Å². The highest BCUT2D eigenvalue weighted by Crippen LogP contribution is 2.34. The smallest absolute Gasteiger partial charge is 0.387 e. The van der Waals surface area contributed by atoms with Crippen molar-refractivity contribution in [2.24, 2.45) is 0 Å². The van der Waals surface area contributed by atoms with Crippen molar-refractivity contribution in [3.63, 3.8) is 0 Å². The van der Waals surface area contributed by atoms with Crippen LogP contribution in [0.4, 0.5) is 22.7 Å². The molecule has 0 unspecified atom stereocenters. The van der Waals surface area contributed by atoms with Crippen molar-refractivity contribution >= 4 is 32.9 Å². The molecule has 5 rings (SSSR count). The summed E-state index contributed by atoms with van der Waals surface area (Å²) in [6.45, 7) is 0.297. The van der Waals surface area contributed by atoms with Crippen LogP contribution in [0.1, 0.15) is 33.7 Å². The third-order valence-corrected chi connectivity index (χ3v) is 6.29. The molecule has 5 heterocycles. The van der Waals surface area contributed by atoms with Crippen LogP contribution in [-0.4, -0.2) is 42.4 Å². The van der Waals surface area contributed by atoms with Crippen molar-refractivity contribution in [1.29, 1.82) is 0 Å². The normalized spacial score (nSPS) is 11.4. The topological polar surface area (TPSA) is 116 Å². The van der Waals surface area contributed by atoms with E-state index in [0.717, 1.165) is 17.5 Å². The molecule has 1 N–H and O–H groups in total. The molecule has 39 heavy (non-hydrogen) atoms. The number of amides is 1. The lowest BCUT2D eigenvalue weighted by molar-refractivity contribution is -0.0496. The molecule has 9 nitrogen and oxygen atoms in total. The third-order valence-electron chi connectivity index (χ3n) is 5.44. The second-order valence-corrected chi connectivity index (χ2v) is 9.18. The second kappa shape index (κ2) is 10.6. The number of hydrogen-bond acceptors (Lipinski definition) is 9. The van der Waals surface area contributed by atoms with E-state index in [-0.39, 0.29) is 33.2 Å². The van der Waals surface area contributed by atoms with Crippen LogP contribution in [0, 0.1) is 13.8 Å². The molecule has 0 aliphatic heterocycles. The van der Waals surface area contributed by atoms with Crippen molar-refractivity contribution in [2.75, 3.05) is 5.32 Å². The molecule has 0 spiro atoms. The van der Waals surface area contributed by atoms with Gasteiger partial charge in [-0.1, -0.05) is 11.3 Å². The Kier molecular flexibility index (Phi) is 7.11. The van der Waals surface area contributed by atoms with E-state index in [9.17, 15) is 22.4 Å². The van der Waals surface area contributed by atoms with Gasteiger partial charge in [0.2, 0.25) is 0 Å². The first kappa shape index (κ1) is 26.0. The molecule has 0 saturated heterocycles. The molecular formula is C25H17F4N7O2S. The lowest BCUT2D eigenvalue weighted by atomic mass is 9.99. The molecule has 0 aromatic carbocycles. The molecule has 0 bridgehead atoms. The molecule has 5 aromatic heterocycles. The SMILES string of the molecule is Cc1cc(-c2cc(C)ncc2C(=O)Nc2nc3ncc(-c4ccc(C(F)F)cn4)nc3s2)c(OC(F)F)cn1. The van der Waals surface area contributed by atoms with Crippen LogP contribution in [-0.2, 0) is 0 Å². The van der Waals surface area contributed by atoms with Gasteiger partial charge in [-0.05, 0) is 38.1 Å². The zero-order chi connectivity index (χ0) is 27.7. The zero-order valence-corrected chi connectivity index (χ0v) is 21.0. The minimum Gasteiger partial charge on any atom is -0.433 e. The maximum atomic E-state index is 13.3. The summed E-state index contributed by atoms with van der Waals surface area (Å²) < 4.78 is 56.3. The Bertz CT molecular complexity index is 1680. The number of carbonyl (C=O) groups is 1. The first-order valence-corrected chi connectivity index (χ1v) is 12.1. The van der Waals surface area contributed by atoms with E-state index in [1.54, 1.807) is 19.9 Å². The summed E-state index contributed by atoms with van der Waals surface area (Å²) in [4.78, 5) is 38.8. The van der Waals surface area contributed by atoms with Gasteiger partial charge in [0.05, 0.1) is 23.7 Å². The largest absolute Gasteiger partial charge is 0.433 e. The minimum absolute atomic E-state index is 0.0921. The summed E-state index contributed by atoms with van der Waals surface area (Å²) in [6, 6.07) is 5.80. The Morgan fingerprint density at radius 2 is 1.62 bits per heavy atom. The first-order chi connectivity index (χ1) is 18.7. The summed E-state index contributed by atoms with van der Waals surface area (Å²) in [5, 5.41) is 2.85. The van der Waals surface area contributed by atoms with Gasteiger partial charge in [-0.3, -0.25) is 25.1 Å². The highest BCUT2D eigenvalue weighted by atomic mass is 32.1. The predicted octanol–water partition coefficient (Wildman–Crippen LogP) is 6.01. The highest BCUT2D eigenvalue weighted by Gasteiger charge is 2.21. The maximum Gasteiger partial charge on any atom is 0.387 e. The summed E-state index contributed by atoms with van der Waals surface area (Å²) in [6.07, 6.45) is 2.34. The monoisotopic (exact) mass is 555 g/mol. The summed E-state index contributed by atoms with van der Waals surface area (Å²) in [7, 11) is 0. The number of aromatic nitrogens is 6. The number of fused-ring (bicyclic) bond motifs is 1. The number of hydrogen-bond donors (Lipinski definition) is 1. The lowest BCUT2D eigenvalue weighted by Gasteiger charge is -2.14. The van der Waals surface area contributed by atoms with Crippen LogP contribution in [0.25, 0.3) is 33.0 Å². The van der Waals surface area contributed by atoms with Gasteiger partial charge in [0, 0.05) is 40.5 Å². The van der Waals surface area contributed by atoms with Crippen molar-refractivity contribution in [2.45, 2.75) is 26.9 Å². The molecule has 0 atom stereocenters. The highest BCUT2D eigenvalue weighted by molar-refractivity contribution is 7.21. The van der Waals surface area contributed by atoms with E-state index in [4.69, 9.17) is 0 Å². The molecule has 5 aromatic rings. The van der Waals surface area contributed by atoms with Crippen LogP contribution in [0.2, 0.25) is 0 Å². The van der Waals surface area contributed by atoms with Gasteiger partial charge in [0.25, 0.3) is 12.3 Å². The van der Waals surface area contributed by atoms with E-state index >= 15 is 0 Å². The van der Waals surface area contributed by atoms with Gasteiger partial charge >= 0.3 is 6.61 Å². The standard InChI is InChI=1S/C25H17F4N7O2S/c1-11-5-14(15-6-12(2)31-10-19(15)38-24(28)29)16(8-30-11)22(37)36-25-35-21-23(39-25)34-18(9-33-21)17-4-3-13(7-32-17)20(26)27/h3-10,20,24H,1-2H3,(H,33,35,36,37). The Morgan fingerprint density at radius 1 is 0.872 bits per heavy atom. The number of thiazole rings is 1. The van der Waals surface area contributed by atoms with Crippen molar-refractivity contribution in [1.82, 2.24) is 29.9 Å². The summed E-state index contributed by atoms with van der Waals surface area (Å²) in [5.41, 5.74) is 2.47. The van der Waals surface area contributed by atoms with Gasteiger partial charge in [-0.25, -0.2) is 18.7 Å². The van der Waals surface area contributed by atoms with E-state index in [1.807, 2.05) is 0 Å². The van der Waals surface area contributed by atoms with Gasteiger partial charge in [-0.2, -0.15) is 13.8 Å². The van der Waals surface area contributed by atoms with Crippen LogP contribution in [0.3, 0.4) is 0 Å². The Morgan fingerprint density at radius 3 is 2.31 bits per heavy atom. The van der Waals surface area contributed by atoms with E-state index in [0.29, 0.717) is 33.2 Å². The van der Waals surface area contributed by atoms with Gasteiger partial charge in [0.15, 0.2) is 21.4 Å². The Hall–Kier alpha value is -4.59. The average Bonchev–Trinajstić information content (AvgIpc) is 3.30. The number of aryl methyl sites for hydroxylation is 2. The van der Waals surface area contributed by atoms with Crippen LogP contribution < -0.4 is 10.1 Å². The molecule has 1 amide bonds. The number of alkyl halides is 4. The van der Waals surface area contributed by atoms with Crippen LogP contribution in [0.5, 0.6) is 5.75 Å². The number of carbonyl (C=O) groups excluding carboxylic acids is 1. The quantitative estimate of drug-likeness (QED) is 0.243. The number of nitrogens with zero attached hydrogens (tertiary/aromatic N) is 6. The van der Waals surface area contributed by atoms with E-state index in [2.05, 4.69) is 40.0 Å². The van der Waals surface area contributed by atoms with Crippen LogP contribution >= 0.6 is 11.3 Å². The minimum atomic E-state index is -3.08. The number of rotatable bonds is 7. The molecule has 14 heteroatoms. The predicted molar refractivity (Wildman–Crippen MR) is 135 cm³/mol. The molecule has 0 radical (unpaired) electrons. The average molecular weight is 556 g/mol. The fourth-order valence-corrected chi connectivity index (χ4v) is 4.45. The van der Waals surface area contributed by atoms with Crippen LogP contribution in [0.15, 0.2) is 49.1 Å². The Balaban J connectivity index is 1.45. The van der Waals surface area contributed by atoms with Crippen molar-refractivity contribution < 1.29 is 27.1 Å². The molecule has 0 fully saturated rings. The van der Waals surface area contributed by atoms with Gasteiger partial charge in [0.1, 0.15) is 5.69 Å². The number of ether oxygens (including phenoxy) is 1. The molecule has 198 valence electrons. The summed E-state index contributed by atoms with van der Waals surface area (Å²) >= 11 is 1.04. The number of halogens is 4. The zero-order valence-electron chi connectivity index (χ0n) is 20.2. The Labute approximate surface area is 222 Å². The number of anilines is 1. The van der Waals surface area contributed by atoms with Crippen molar-refractivity contribution in [3.8, 4) is 28.3 Å². The lowest BCUT2D eigenvalue weighted by Crippen LogP contribution is -2.14. The van der Waals surface area contributed by atoms with Crippen molar-refractivity contribution in [3.05, 3.63) is 71.6 Å². The summed E-state index contributed by atoms with van der Waals surface area (Å²) in [5.74, 6) is -0.787. The second-order valence-electron chi connectivity index (χ2n) is 8.21. The maximum absolute atomic E-state index is 13.3. The van der Waals surface area contributed by atoms with E-state index < -0.39 is 18.9 Å². The number of pyridine rings is 3. The van der Waals surface area contributed by atoms with E-state index in [1.165, 1.54) is 36.8 Å². The first-order valence-electron chi connectivity index (χ1n) is 11.3. The molecular weight excluding hydrogens is 538 g/mol. The molecule has 0 saturated carbocycles. The molecule has 0 aliphatic rings. The number of nitrogens with one attached hydrogen (secondary N) is 1. The van der Waals surface area contributed by atoms with Gasteiger partial charge < -0.3 is 4.74 Å². The fraction of sp³-hybridized carbons (Fsp3) is 0.160. The third kappa shape index (κ3) is 5.65.